The van der Waals surface area contributed by atoms with Crippen molar-refractivity contribution in [3.05, 3.63) is 23.8 Å². The molecule has 0 spiro atoms. The van der Waals surface area contributed by atoms with Gasteiger partial charge in [0.1, 0.15) is 0 Å². The molecule has 6 heteroatoms. The molecule has 3 rings (SSSR count). The third-order valence-corrected chi connectivity index (χ3v) is 4.96. The summed E-state index contributed by atoms with van der Waals surface area (Å²) < 4.78 is 11.4. The van der Waals surface area contributed by atoms with E-state index in [1.807, 2.05) is 0 Å². The Kier molecular flexibility index (Phi) is 7.37. The van der Waals surface area contributed by atoms with Crippen molar-refractivity contribution in [3.8, 4) is 0 Å². The number of nitrogens with one attached hydrogen (secondary N) is 1. The molecule has 1 aromatic rings. The van der Waals surface area contributed by atoms with Gasteiger partial charge in [-0.2, -0.15) is 0 Å². The topological polar surface area (TPSA) is 37.0 Å². The van der Waals surface area contributed by atoms with Gasteiger partial charge in [0.25, 0.3) is 0 Å². The molecule has 142 valence electrons. The van der Waals surface area contributed by atoms with E-state index in [9.17, 15) is 0 Å². The van der Waals surface area contributed by atoms with Crippen LogP contribution in [-0.2, 0) is 16.1 Å². The maximum Gasteiger partial charge on any atom is 0.0734 e. The molecule has 3 atom stereocenters. The van der Waals surface area contributed by atoms with Crippen molar-refractivity contribution in [2.75, 3.05) is 49.6 Å². The normalized spacial score (nSPS) is 27.1. The van der Waals surface area contributed by atoms with Crippen molar-refractivity contribution >= 4 is 23.8 Å². The Balaban J connectivity index is 0.00000225. The number of nitrogens with zero attached hydrogens (tertiary/aromatic N) is 2. The zero-order valence-electron chi connectivity index (χ0n) is 15.8. The first-order valence-electron chi connectivity index (χ1n) is 9.08. The summed E-state index contributed by atoms with van der Waals surface area (Å²) in [5.74, 6) is 0. The smallest absolute Gasteiger partial charge is 0.0734 e. The van der Waals surface area contributed by atoms with E-state index in [1.54, 1.807) is 7.11 Å². The fraction of sp³-hybridized carbons (Fsp3) is 0.684. The summed E-state index contributed by atoms with van der Waals surface area (Å²) in [5.41, 5.74) is 3.85. The van der Waals surface area contributed by atoms with Gasteiger partial charge in [0.2, 0.25) is 0 Å². The van der Waals surface area contributed by atoms with Crippen LogP contribution in [0, 0.1) is 0 Å². The van der Waals surface area contributed by atoms with Gasteiger partial charge in [-0.1, -0.05) is 0 Å². The molecule has 2 heterocycles. The van der Waals surface area contributed by atoms with Gasteiger partial charge >= 0.3 is 0 Å². The summed E-state index contributed by atoms with van der Waals surface area (Å²) in [4.78, 5) is 4.93. The summed E-state index contributed by atoms with van der Waals surface area (Å²) in [6, 6.07) is 7.36. The summed E-state index contributed by atoms with van der Waals surface area (Å²) >= 11 is 0. The molecule has 2 aliphatic rings. The molecule has 0 amide bonds. The summed E-state index contributed by atoms with van der Waals surface area (Å²) in [6.07, 6.45) is 0.522. The molecule has 1 N–H and O–H groups in total. The van der Waals surface area contributed by atoms with E-state index in [1.165, 1.54) is 16.9 Å². The van der Waals surface area contributed by atoms with Crippen molar-refractivity contribution in [3.63, 3.8) is 0 Å². The lowest BCUT2D eigenvalue weighted by Crippen LogP contribution is -2.50. The van der Waals surface area contributed by atoms with Gasteiger partial charge in [0.05, 0.1) is 18.8 Å². The maximum atomic E-state index is 5.88. The summed E-state index contributed by atoms with van der Waals surface area (Å²) in [5, 5.41) is 3.46. The first-order valence-corrected chi connectivity index (χ1v) is 9.08. The van der Waals surface area contributed by atoms with Gasteiger partial charge in [-0.15, -0.1) is 12.4 Å². The number of piperazine rings is 1. The predicted octanol–water partition coefficient (Wildman–Crippen LogP) is 2.67. The van der Waals surface area contributed by atoms with Crippen LogP contribution >= 0.6 is 12.4 Å². The van der Waals surface area contributed by atoms with E-state index in [2.05, 4.69) is 54.1 Å². The van der Waals surface area contributed by atoms with Crippen LogP contribution < -0.4 is 15.1 Å². The highest BCUT2D eigenvalue weighted by Crippen LogP contribution is 2.30. The molecule has 5 nitrogen and oxygen atoms in total. The molecule has 0 aromatic heterocycles. The Morgan fingerprint density at radius 2 is 1.92 bits per heavy atom. The van der Waals surface area contributed by atoms with E-state index in [-0.39, 0.29) is 24.6 Å². The van der Waals surface area contributed by atoms with Crippen molar-refractivity contribution < 1.29 is 9.47 Å². The lowest BCUT2D eigenvalue weighted by atomic mass is 10.1. The highest BCUT2D eigenvalue weighted by atomic mass is 35.5. The second-order valence-corrected chi connectivity index (χ2v) is 7.15. The SMILES string of the molecule is COCc1cc(N2CCNC[C@@H]2C)ccc1N1C[C@@H](C)O[C@@H](C)C1.Cl. The molecule has 2 saturated heterocycles. The van der Waals surface area contributed by atoms with Crippen LogP contribution in [0.4, 0.5) is 11.4 Å². The number of benzene rings is 1. The molecule has 0 saturated carbocycles. The van der Waals surface area contributed by atoms with Crippen LogP contribution in [0.3, 0.4) is 0 Å². The minimum Gasteiger partial charge on any atom is -0.380 e. The molecular weight excluding hydrogens is 338 g/mol. The molecular formula is C19H32ClN3O2. The molecule has 2 aliphatic heterocycles. The van der Waals surface area contributed by atoms with Gasteiger partial charge in [-0.3, -0.25) is 0 Å². The molecule has 0 aliphatic carbocycles. The zero-order chi connectivity index (χ0) is 17.1. The van der Waals surface area contributed by atoms with Crippen LogP contribution in [0.5, 0.6) is 0 Å². The Bertz CT molecular complexity index is 547. The van der Waals surface area contributed by atoms with Crippen LogP contribution in [-0.4, -0.2) is 58.1 Å². The number of morpholine rings is 1. The average molecular weight is 370 g/mol. The first kappa shape index (κ1) is 20.3. The Hall–Kier alpha value is -1.01. The van der Waals surface area contributed by atoms with E-state index in [4.69, 9.17) is 9.47 Å². The maximum absolute atomic E-state index is 5.88. The fourth-order valence-corrected chi connectivity index (χ4v) is 3.93. The van der Waals surface area contributed by atoms with Crippen molar-refractivity contribution in [1.29, 1.82) is 0 Å². The van der Waals surface area contributed by atoms with Gasteiger partial charge in [0, 0.05) is 62.8 Å². The zero-order valence-corrected chi connectivity index (χ0v) is 16.6. The minimum atomic E-state index is 0. The molecule has 2 fully saturated rings. The third kappa shape index (κ3) is 4.79. The first-order chi connectivity index (χ1) is 11.6. The van der Waals surface area contributed by atoms with E-state index in [0.717, 1.165) is 32.7 Å². The summed E-state index contributed by atoms with van der Waals surface area (Å²) in [7, 11) is 1.77. The van der Waals surface area contributed by atoms with E-state index >= 15 is 0 Å². The number of rotatable bonds is 4. The number of ether oxygens (including phenoxy) is 2. The van der Waals surface area contributed by atoms with Crippen LogP contribution in [0.15, 0.2) is 18.2 Å². The Labute approximate surface area is 158 Å². The largest absolute Gasteiger partial charge is 0.380 e. The number of anilines is 2. The molecule has 25 heavy (non-hydrogen) atoms. The lowest BCUT2D eigenvalue weighted by Gasteiger charge is -2.39. The molecule has 1 aromatic carbocycles. The lowest BCUT2D eigenvalue weighted by molar-refractivity contribution is -0.00533. The number of hydrogen-bond donors (Lipinski definition) is 1. The van der Waals surface area contributed by atoms with Crippen molar-refractivity contribution in [2.45, 2.75) is 45.6 Å². The third-order valence-electron chi connectivity index (χ3n) is 4.96. The number of methoxy groups -OCH3 is 1. The van der Waals surface area contributed by atoms with Crippen molar-refractivity contribution in [1.82, 2.24) is 5.32 Å². The second kappa shape index (κ2) is 9.08. The predicted molar refractivity (Wildman–Crippen MR) is 106 cm³/mol. The van der Waals surface area contributed by atoms with Crippen LogP contribution in [0.1, 0.15) is 26.3 Å². The van der Waals surface area contributed by atoms with Gasteiger partial charge in [0.15, 0.2) is 0 Å². The van der Waals surface area contributed by atoms with Crippen molar-refractivity contribution in [2.24, 2.45) is 0 Å². The van der Waals surface area contributed by atoms with Gasteiger partial charge in [-0.05, 0) is 39.0 Å². The molecule has 0 radical (unpaired) electrons. The fourth-order valence-electron chi connectivity index (χ4n) is 3.93. The molecule has 0 bridgehead atoms. The van der Waals surface area contributed by atoms with E-state index < -0.39 is 0 Å². The quantitative estimate of drug-likeness (QED) is 0.883. The number of halogens is 1. The monoisotopic (exact) mass is 369 g/mol. The Morgan fingerprint density at radius 1 is 1.20 bits per heavy atom. The Morgan fingerprint density at radius 3 is 2.56 bits per heavy atom. The summed E-state index contributed by atoms with van der Waals surface area (Å²) in [6.45, 7) is 12.2. The van der Waals surface area contributed by atoms with Gasteiger partial charge < -0.3 is 24.6 Å². The standard InChI is InChI=1S/C19H31N3O2.ClH/c1-14-10-20-7-8-22(14)18-5-6-19(17(9-18)13-23-4)21-11-15(2)24-16(3)12-21;/h5-6,9,14-16,20H,7-8,10-13H2,1-4H3;1H/t14-,15-,16+;/m0./s1. The van der Waals surface area contributed by atoms with Crippen LogP contribution in [0.25, 0.3) is 0 Å². The minimum absolute atomic E-state index is 0. The van der Waals surface area contributed by atoms with Gasteiger partial charge in [-0.25, -0.2) is 0 Å². The molecule has 0 unspecified atom stereocenters. The highest BCUT2D eigenvalue weighted by Gasteiger charge is 2.25. The average Bonchev–Trinajstić information content (AvgIpc) is 2.54. The van der Waals surface area contributed by atoms with Crippen LogP contribution in [0.2, 0.25) is 0 Å². The highest BCUT2D eigenvalue weighted by molar-refractivity contribution is 5.85. The number of hydrogen-bond acceptors (Lipinski definition) is 5. The second-order valence-electron chi connectivity index (χ2n) is 7.15. The van der Waals surface area contributed by atoms with E-state index in [0.29, 0.717) is 12.6 Å².